The molecule has 0 fully saturated rings. The molecule has 0 radical (unpaired) electrons. The third-order valence-electron chi connectivity index (χ3n) is 2.55. The van der Waals surface area contributed by atoms with Crippen LogP contribution in [-0.4, -0.2) is 48.0 Å². The molecule has 0 amide bonds. The molecule has 6 heteroatoms. The second-order valence-electron chi connectivity index (χ2n) is 3.94. The first-order valence-electron chi connectivity index (χ1n) is 5.85. The zero-order valence-electron chi connectivity index (χ0n) is 11.0. The Morgan fingerprint density at radius 1 is 1.32 bits per heavy atom. The van der Waals surface area contributed by atoms with E-state index >= 15 is 0 Å². The summed E-state index contributed by atoms with van der Waals surface area (Å²) in [6, 6.07) is 4.82. The Labute approximate surface area is 115 Å². The van der Waals surface area contributed by atoms with Crippen molar-refractivity contribution in [2.24, 2.45) is 0 Å². The van der Waals surface area contributed by atoms with Gasteiger partial charge in [0.05, 0.1) is 41.9 Å². The Balaban J connectivity index is 2.57. The number of benzene rings is 1. The summed E-state index contributed by atoms with van der Waals surface area (Å²) in [6.45, 7) is 3.03. The van der Waals surface area contributed by atoms with Crippen molar-refractivity contribution in [1.82, 2.24) is 0 Å². The first-order valence-corrected chi connectivity index (χ1v) is 7.17. The second kappa shape index (κ2) is 8.04. The highest BCUT2D eigenvalue weighted by Crippen LogP contribution is 2.14. The summed E-state index contributed by atoms with van der Waals surface area (Å²) in [5, 5.41) is 9.01. The van der Waals surface area contributed by atoms with Crippen molar-refractivity contribution in [2.45, 2.75) is 11.8 Å². The SMILES string of the molecule is COCCOCCS(=O)c1ccc(C)c(C(=O)O)c1. The van der Waals surface area contributed by atoms with Crippen LogP contribution in [-0.2, 0) is 20.3 Å². The monoisotopic (exact) mass is 286 g/mol. The minimum atomic E-state index is -1.25. The Morgan fingerprint density at radius 2 is 2.05 bits per heavy atom. The molecule has 0 aliphatic rings. The number of carbonyl (C=O) groups is 1. The average molecular weight is 286 g/mol. The van der Waals surface area contributed by atoms with E-state index in [1.54, 1.807) is 26.2 Å². The summed E-state index contributed by atoms with van der Waals surface area (Å²) >= 11 is 0. The summed E-state index contributed by atoms with van der Waals surface area (Å²) in [6.07, 6.45) is 0. The lowest BCUT2D eigenvalue weighted by atomic mass is 10.1. The van der Waals surface area contributed by atoms with E-state index in [2.05, 4.69) is 0 Å². The lowest BCUT2D eigenvalue weighted by molar-refractivity contribution is 0.0696. The lowest BCUT2D eigenvalue weighted by Crippen LogP contribution is -2.10. The zero-order chi connectivity index (χ0) is 14.3. The van der Waals surface area contributed by atoms with Crippen LogP contribution in [0.3, 0.4) is 0 Å². The van der Waals surface area contributed by atoms with Crippen molar-refractivity contribution < 1.29 is 23.6 Å². The molecular formula is C13H18O5S. The van der Waals surface area contributed by atoms with Gasteiger partial charge in [-0.1, -0.05) is 6.07 Å². The summed E-state index contributed by atoms with van der Waals surface area (Å²) in [5.74, 6) is -0.668. The van der Waals surface area contributed by atoms with E-state index in [0.717, 1.165) is 0 Å². The van der Waals surface area contributed by atoms with E-state index < -0.39 is 16.8 Å². The van der Waals surface area contributed by atoms with Gasteiger partial charge in [0, 0.05) is 12.0 Å². The van der Waals surface area contributed by atoms with Gasteiger partial charge in [0.15, 0.2) is 0 Å². The molecule has 0 aliphatic carbocycles. The van der Waals surface area contributed by atoms with Crippen LogP contribution in [0, 0.1) is 6.92 Å². The van der Waals surface area contributed by atoms with Crippen molar-refractivity contribution in [1.29, 1.82) is 0 Å². The predicted octanol–water partition coefficient (Wildman–Crippen LogP) is 1.46. The molecule has 5 nitrogen and oxygen atoms in total. The number of methoxy groups -OCH3 is 1. The molecule has 0 aliphatic heterocycles. The molecule has 1 aromatic rings. The summed E-state index contributed by atoms with van der Waals surface area (Å²) < 4.78 is 22.0. The normalized spacial score (nSPS) is 12.3. The van der Waals surface area contributed by atoms with Crippen molar-refractivity contribution in [2.75, 3.05) is 32.7 Å². The van der Waals surface area contributed by atoms with Crippen molar-refractivity contribution in [3.05, 3.63) is 29.3 Å². The molecule has 0 bridgehead atoms. The Kier molecular flexibility index (Phi) is 6.69. The molecule has 19 heavy (non-hydrogen) atoms. The van der Waals surface area contributed by atoms with Gasteiger partial charge in [-0.05, 0) is 24.6 Å². The van der Waals surface area contributed by atoms with E-state index in [9.17, 15) is 9.00 Å². The first kappa shape index (κ1) is 15.8. The molecule has 0 spiro atoms. The predicted molar refractivity (Wildman–Crippen MR) is 72.1 cm³/mol. The van der Waals surface area contributed by atoms with E-state index in [1.807, 2.05) is 0 Å². The fraction of sp³-hybridized carbons (Fsp3) is 0.462. The molecule has 1 N–H and O–H groups in total. The number of hydrogen-bond acceptors (Lipinski definition) is 4. The Bertz CT molecular complexity index is 458. The van der Waals surface area contributed by atoms with Crippen LogP contribution in [0.4, 0.5) is 0 Å². The fourth-order valence-corrected chi connectivity index (χ4v) is 2.44. The summed E-state index contributed by atoms with van der Waals surface area (Å²) in [7, 11) is 0.332. The van der Waals surface area contributed by atoms with Gasteiger partial charge in [-0.2, -0.15) is 0 Å². The number of carboxylic acid groups (broad SMARTS) is 1. The lowest BCUT2D eigenvalue weighted by Gasteiger charge is -2.06. The fourth-order valence-electron chi connectivity index (χ4n) is 1.47. The number of aryl methyl sites for hydroxylation is 1. The van der Waals surface area contributed by atoms with Crippen molar-refractivity contribution in [3.63, 3.8) is 0 Å². The molecule has 0 saturated heterocycles. The van der Waals surface area contributed by atoms with Crippen LogP contribution in [0.25, 0.3) is 0 Å². The molecule has 1 atom stereocenters. The largest absolute Gasteiger partial charge is 0.478 e. The number of aromatic carboxylic acids is 1. The quantitative estimate of drug-likeness (QED) is 0.733. The van der Waals surface area contributed by atoms with Crippen LogP contribution in [0.5, 0.6) is 0 Å². The highest BCUT2D eigenvalue weighted by atomic mass is 32.2. The van der Waals surface area contributed by atoms with Crippen LogP contribution >= 0.6 is 0 Å². The number of ether oxygens (including phenoxy) is 2. The molecule has 0 aromatic heterocycles. The van der Waals surface area contributed by atoms with E-state index in [1.165, 1.54) is 6.07 Å². The Morgan fingerprint density at radius 3 is 2.68 bits per heavy atom. The Hall–Kier alpha value is -1.24. The average Bonchev–Trinajstić information content (AvgIpc) is 2.38. The molecular weight excluding hydrogens is 268 g/mol. The topological polar surface area (TPSA) is 72.8 Å². The highest BCUT2D eigenvalue weighted by molar-refractivity contribution is 7.85. The maximum absolute atomic E-state index is 12.0. The van der Waals surface area contributed by atoms with Gasteiger partial charge in [0.1, 0.15) is 0 Å². The van der Waals surface area contributed by atoms with Gasteiger partial charge in [-0.15, -0.1) is 0 Å². The number of carboxylic acids is 1. The minimum absolute atomic E-state index is 0.186. The molecule has 1 rings (SSSR count). The summed E-state index contributed by atoms with van der Waals surface area (Å²) in [4.78, 5) is 11.5. The third-order valence-corrected chi connectivity index (χ3v) is 3.86. The van der Waals surface area contributed by atoms with Crippen LogP contribution < -0.4 is 0 Å². The van der Waals surface area contributed by atoms with Crippen LogP contribution in [0.1, 0.15) is 15.9 Å². The maximum Gasteiger partial charge on any atom is 0.335 e. The molecule has 0 saturated carbocycles. The molecule has 106 valence electrons. The first-order chi connectivity index (χ1) is 9.06. The third kappa shape index (κ3) is 5.10. The molecule has 1 aromatic carbocycles. The smallest absolute Gasteiger partial charge is 0.335 e. The van der Waals surface area contributed by atoms with E-state index in [-0.39, 0.29) is 5.56 Å². The van der Waals surface area contributed by atoms with Gasteiger partial charge in [0.25, 0.3) is 0 Å². The van der Waals surface area contributed by atoms with Gasteiger partial charge >= 0.3 is 5.97 Å². The highest BCUT2D eigenvalue weighted by Gasteiger charge is 2.11. The molecule has 0 heterocycles. The van der Waals surface area contributed by atoms with E-state index in [0.29, 0.717) is 36.0 Å². The standard InChI is InChI=1S/C13H18O5S/c1-10-3-4-11(9-12(10)13(14)15)19(16)8-7-18-6-5-17-2/h3-4,9H,5-8H2,1-2H3,(H,14,15). The van der Waals surface area contributed by atoms with Crippen molar-refractivity contribution in [3.8, 4) is 0 Å². The van der Waals surface area contributed by atoms with Crippen LogP contribution in [0.2, 0.25) is 0 Å². The van der Waals surface area contributed by atoms with Gasteiger partial charge in [-0.3, -0.25) is 4.21 Å². The zero-order valence-corrected chi connectivity index (χ0v) is 11.9. The van der Waals surface area contributed by atoms with Crippen molar-refractivity contribution >= 4 is 16.8 Å². The molecule has 1 unspecified atom stereocenters. The van der Waals surface area contributed by atoms with Gasteiger partial charge < -0.3 is 14.6 Å². The van der Waals surface area contributed by atoms with E-state index in [4.69, 9.17) is 14.6 Å². The van der Waals surface area contributed by atoms with Gasteiger partial charge in [-0.25, -0.2) is 4.79 Å². The minimum Gasteiger partial charge on any atom is -0.478 e. The van der Waals surface area contributed by atoms with Crippen LogP contribution in [0.15, 0.2) is 23.1 Å². The second-order valence-corrected chi connectivity index (χ2v) is 5.51. The number of rotatable bonds is 8. The summed E-state index contributed by atoms with van der Waals surface area (Å²) in [5.41, 5.74) is 0.843. The number of hydrogen-bond donors (Lipinski definition) is 1. The maximum atomic E-state index is 12.0. The van der Waals surface area contributed by atoms with Gasteiger partial charge in [0.2, 0.25) is 0 Å².